The van der Waals surface area contributed by atoms with E-state index in [0.717, 1.165) is 35.2 Å². The molecular weight excluding hydrogens is 306 g/mol. The van der Waals surface area contributed by atoms with E-state index >= 15 is 0 Å². The number of rotatable bonds is 6. The normalized spacial score (nSPS) is 10.1. The van der Waals surface area contributed by atoms with E-state index in [-0.39, 0.29) is 0 Å². The first kappa shape index (κ1) is 13.6. The van der Waals surface area contributed by atoms with Crippen LogP contribution in [0, 0.1) is 11.3 Å². The summed E-state index contributed by atoms with van der Waals surface area (Å²) in [7, 11) is 0. The van der Waals surface area contributed by atoms with Crippen LogP contribution < -0.4 is 4.74 Å². The summed E-state index contributed by atoms with van der Waals surface area (Å²) in [5.74, 6) is 0.720. The van der Waals surface area contributed by atoms with E-state index in [9.17, 15) is 5.26 Å². The Morgan fingerprint density at radius 1 is 1.32 bits per heavy atom. The molecule has 1 aromatic carbocycles. The van der Waals surface area contributed by atoms with E-state index < -0.39 is 0 Å². The zero-order valence-corrected chi connectivity index (χ0v) is 12.0. The average molecular weight is 320 g/mol. The zero-order valence-electron chi connectivity index (χ0n) is 10.4. The third-order valence-corrected chi connectivity index (χ3v) is 3.26. The van der Waals surface area contributed by atoms with Gasteiger partial charge in [-0.15, -0.1) is 0 Å². The summed E-state index contributed by atoms with van der Waals surface area (Å²) in [5.41, 5.74) is 2.16. The van der Waals surface area contributed by atoms with Gasteiger partial charge in [0.05, 0.1) is 29.5 Å². The molecule has 0 spiro atoms. The van der Waals surface area contributed by atoms with Gasteiger partial charge < -0.3 is 4.74 Å². The van der Waals surface area contributed by atoms with E-state index in [4.69, 9.17) is 4.74 Å². The summed E-state index contributed by atoms with van der Waals surface area (Å²) in [5, 5.41) is 17.0. The molecule has 0 unspecified atom stereocenters. The molecule has 1 N–H and O–H groups in total. The monoisotopic (exact) mass is 319 g/mol. The van der Waals surface area contributed by atoms with Gasteiger partial charge in [-0.2, -0.15) is 10.4 Å². The molecule has 0 saturated carbocycles. The number of halogens is 1. The number of alkyl halides is 1. The van der Waals surface area contributed by atoms with Crippen LogP contribution in [0.25, 0.3) is 11.3 Å². The number of nitrogens with one attached hydrogen (secondary N) is 1. The first-order chi connectivity index (χ1) is 9.36. The van der Waals surface area contributed by atoms with Crippen LogP contribution in [0.5, 0.6) is 5.75 Å². The van der Waals surface area contributed by atoms with E-state index in [1.54, 1.807) is 12.3 Å². The number of aromatic amines is 1. The van der Waals surface area contributed by atoms with Crippen molar-refractivity contribution in [3.63, 3.8) is 0 Å². The number of hydrogen-bond acceptors (Lipinski definition) is 3. The van der Waals surface area contributed by atoms with Crippen molar-refractivity contribution in [3.8, 4) is 23.1 Å². The smallest absolute Gasteiger partial charge is 0.129 e. The molecule has 0 aliphatic heterocycles. The number of aromatic nitrogens is 2. The molecule has 2 aromatic rings. The Morgan fingerprint density at radius 2 is 2.21 bits per heavy atom. The first-order valence-electron chi connectivity index (χ1n) is 6.08. The van der Waals surface area contributed by atoms with Gasteiger partial charge in [-0.25, -0.2) is 0 Å². The predicted molar refractivity (Wildman–Crippen MR) is 77.3 cm³/mol. The molecule has 0 saturated heterocycles. The summed E-state index contributed by atoms with van der Waals surface area (Å²) >= 11 is 3.39. The van der Waals surface area contributed by atoms with E-state index in [2.05, 4.69) is 32.2 Å². The molecule has 0 aliphatic rings. The number of ether oxygens (including phenoxy) is 1. The Kier molecular flexibility index (Phi) is 4.99. The average Bonchev–Trinajstić information content (AvgIpc) is 2.97. The lowest BCUT2D eigenvalue weighted by Crippen LogP contribution is -2.00. The van der Waals surface area contributed by atoms with Gasteiger partial charge in [0.25, 0.3) is 0 Å². The van der Waals surface area contributed by atoms with Crippen molar-refractivity contribution >= 4 is 15.9 Å². The van der Waals surface area contributed by atoms with Crippen LogP contribution in [0.3, 0.4) is 0 Å². The highest BCUT2D eigenvalue weighted by atomic mass is 79.9. The highest BCUT2D eigenvalue weighted by molar-refractivity contribution is 9.09. The lowest BCUT2D eigenvalue weighted by atomic mass is 10.0. The van der Waals surface area contributed by atoms with Crippen molar-refractivity contribution in [1.82, 2.24) is 10.2 Å². The lowest BCUT2D eigenvalue weighted by molar-refractivity contribution is 0.311. The number of H-pyrrole nitrogens is 1. The molecule has 0 aliphatic carbocycles. The van der Waals surface area contributed by atoms with Crippen LogP contribution in [0.15, 0.2) is 30.5 Å². The molecule has 0 atom stereocenters. The summed E-state index contributed by atoms with van der Waals surface area (Å²) in [6, 6.07) is 9.52. The Labute approximate surface area is 120 Å². The minimum Gasteiger partial charge on any atom is -0.493 e. The van der Waals surface area contributed by atoms with Crippen LogP contribution >= 0.6 is 15.9 Å². The molecule has 98 valence electrons. The summed E-state index contributed by atoms with van der Waals surface area (Å²) in [6.45, 7) is 0.640. The van der Waals surface area contributed by atoms with Crippen molar-refractivity contribution in [2.75, 3.05) is 11.9 Å². The molecule has 0 radical (unpaired) electrons. The third-order valence-electron chi connectivity index (χ3n) is 2.70. The maximum atomic E-state index is 9.21. The number of benzene rings is 1. The number of nitrogens with zero attached hydrogens (tertiary/aromatic N) is 2. The second-order valence-electron chi connectivity index (χ2n) is 4.01. The maximum Gasteiger partial charge on any atom is 0.129 e. The molecule has 0 bridgehead atoms. The van der Waals surface area contributed by atoms with Crippen LogP contribution in [0.1, 0.15) is 18.4 Å². The van der Waals surface area contributed by atoms with Gasteiger partial charge in [-0.3, -0.25) is 5.10 Å². The molecule has 5 heteroatoms. The quantitative estimate of drug-likeness (QED) is 0.654. The van der Waals surface area contributed by atoms with Crippen LogP contribution in [-0.4, -0.2) is 22.1 Å². The van der Waals surface area contributed by atoms with Crippen LogP contribution in [0.4, 0.5) is 0 Å². The molecule has 4 nitrogen and oxygen atoms in total. The Balaban J connectivity index is 2.25. The second kappa shape index (κ2) is 6.95. The number of nitriles is 1. The van der Waals surface area contributed by atoms with Crippen molar-refractivity contribution in [3.05, 3.63) is 36.0 Å². The van der Waals surface area contributed by atoms with Gasteiger partial charge >= 0.3 is 0 Å². The topological polar surface area (TPSA) is 61.7 Å². The predicted octanol–water partition coefficient (Wildman–Crippen LogP) is 3.50. The van der Waals surface area contributed by atoms with E-state index in [0.29, 0.717) is 12.2 Å². The lowest BCUT2D eigenvalue weighted by Gasteiger charge is -2.11. The van der Waals surface area contributed by atoms with Gasteiger partial charge in [-0.1, -0.05) is 22.0 Å². The fraction of sp³-hybridized carbons (Fsp3) is 0.286. The molecule has 0 amide bonds. The van der Waals surface area contributed by atoms with E-state index in [1.165, 1.54) is 0 Å². The van der Waals surface area contributed by atoms with Gasteiger partial charge in [0.2, 0.25) is 0 Å². The third kappa shape index (κ3) is 3.36. The SMILES string of the molecule is N#Cc1cccc(OCCCCBr)c1-c1ccn[nH]1. The highest BCUT2D eigenvalue weighted by Gasteiger charge is 2.12. The van der Waals surface area contributed by atoms with Crippen molar-refractivity contribution in [2.45, 2.75) is 12.8 Å². The molecule has 0 fully saturated rings. The minimum absolute atomic E-state index is 0.585. The molecule has 1 aromatic heterocycles. The molecule has 2 rings (SSSR count). The van der Waals surface area contributed by atoms with Gasteiger partial charge in [0, 0.05) is 11.5 Å². The Hall–Kier alpha value is -1.80. The second-order valence-corrected chi connectivity index (χ2v) is 4.80. The highest BCUT2D eigenvalue weighted by Crippen LogP contribution is 2.31. The molecular formula is C14H14BrN3O. The maximum absolute atomic E-state index is 9.21. The summed E-state index contributed by atoms with van der Waals surface area (Å²) in [4.78, 5) is 0. The molecule has 1 heterocycles. The Morgan fingerprint density at radius 3 is 2.89 bits per heavy atom. The van der Waals surface area contributed by atoms with Crippen LogP contribution in [0.2, 0.25) is 0 Å². The minimum atomic E-state index is 0.585. The summed E-state index contributed by atoms with van der Waals surface area (Å²) in [6.07, 6.45) is 3.71. The van der Waals surface area contributed by atoms with Gasteiger partial charge in [-0.05, 0) is 31.0 Å². The standard InChI is InChI=1S/C14H14BrN3O/c15-7-1-2-9-19-13-5-3-4-11(10-16)14(13)12-6-8-17-18-12/h3-6,8H,1-2,7,9H2,(H,17,18). The van der Waals surface area contributed by atoms with E-state index in [1.807, 2.05) is 18.2 Å². The largest absolute Gasteiger partial charge is 0.493 e. The van der Waals surface area contributed by atoms with Gasteiger partial charge in [0.15, 0.2) is 0 Å². The van der Waals surface area contributed by atoms with Crippen molar-refractivity contribution < 1.29 is 4.74 Å². The molecule has 19 heavy (non-hydrogen) atoms. The zero-order chi connectivity index (χ0) is 13.5. The number of unbranched alkanes of at least 4 members (excludes halogenated alkanes) is 1. The van der Waals surface area contributed by atoms with Crippen molar-refractivity contribution in [1.29, 1.82) is 5.26 Å². The van der Waals surface area contributed by atoms with Crippen molar-refractivity contribution in [2.24, 2.45) is 0 Å². The van der Waals surface area contributed by atoms with Gasteiger partial charge in [0.1, 0.15) is 5.75 Å². The van der Waals surface area contributed by atoms with Crippen LogP contribution in [-0.2, 0) is 0 Å². The first-order valence-corrected chi connectivity index (χ1v) is 7.20. The fourth-order valence-electron chi connectivity index (χ4n) is 1.80. The Bertz CT molecular complexity index is 561. The summed E-state index contributed by atoms with van der Waals surface area (Å²) < 4.78 is 5.79. The number of hydrogen-bond donors (Lipinski definition) is 1. The fourth-order valence-corrected chi connectivity index (χ4v) is 2.19.